The van der Waals surface area contributed by atoms with E-state index in [4.69, 9.17) is 4.74 Å². The molecule has 0 aliphatic heterocycles. The number of carbonyl (C=O) groups is 3. The number of nitrogens with one attached hydrogen (secondary N) is 2. The van der Waals surface area contributed by atoms with Gasteiger partial charge in [0.1, 0.15) is 12.6 Å². The number of carboxylic acids is 1. The highest BCUT2D eigenvalue weighted by molar-refractivity contribution is 5.83. The van der Waals surface area contributed by atoms with Gasteiger partial charge in [0.05, 0.1) is 0 Å². The largest absolute Gasteiger partial charge is 0.480 e. The van der Waals surface area contributed by atoms with Gasteiger partial charge in [-0.25, -0.2) is 9.59 Å². The molecular weight excluding hydrogens is 494 g/mol. The maximum atomic E-state index is 12.3. The number of unbranched alkanes of at least 4 members (excludes halogenated alkanes) is 1. The third-order valence-electron chi connectivity index (χ3n) is 6.87. The molecule has 204 valence electrons. The third kappa shape index (κ3) is 7.67. The second-order valence-corrected chi connectivity index (χ2v) is 9.85. The van der Waals surface area contributed by atoms with Crippen molar-refractivity contribution in [1.82, 2.24) is 15.5 Å². The number of fused-ring (bicyclic) bond motifs is 3. The van der Waals surface area contributed by atoms with Gasteiger partial charge in [-0.1, -0.05) is 78.9 Å². The monoisotopic (exact) mass is 529 g/mol. The van der Waals surface area contributed by atoms with E-state index < -0.39 is 18.1 Å². The molecule has 0 saturated carbocycles. The number of hydrogen-bond acceptors (Lipinski definition) is 5. The van der Waals surface area contributed by atoms with Crippen molar-refractivity contribution in [3.05, 3.63) is 95.6 Å². The van der Waals surface area contributed by atoms with Gasteiger partial charge in [0, 0.05) is 32.0 Å². The van der Waals surface area contributed by atoms with E-state index >= 15 is 0 Å². The summed E-state index contributed by atoms with van der Waals surface area (Å²) in [6, 6.07) is 25.1. The Hall–Kier alpha value is -4.17. The van der Waals surface area contributed by atoms with Crippen LogP contribution >= 0.6 is 0 Å². The van der Waals surface area contributed by atoms with Crippen molar-refractivity contribution in [2.45, 2.75) is 37.8 Å². The van der Waals surface area contributed by atoms with Gasteiger partial charge >= 0.3 is 12.1 Å². The standard InChI is InChI=1S/C31H35N3O5/c1-34(19-22-11-3-2-4-12-22)20-28(30(36)37)33-29(35)17-9-10-18-32-31(38)39-21-27-25-15-7-5-13-23(25)24-14-6-8-16-26(24)27/h2-8,11-16,27-28H,9-10,17-21H2,1H3,(H,32,38)(H,33,35)(H,36,37). The number of alkyl carbamates (subject to hydrolysis) is 1. The molecule has 8 heteroatoms. The first kappa shape index (κ1) is 27.9. The van der Waals surface area contributed by atoms with Crippen LogP contribution in [0.15, 0.2) is 78.9 Å². The van der Waals surface area contributed by atoms with E-state index in [1.54, 1.807) is 0 Å². The summed E-state index contributed by atoms with van der Waals surface area (Å²) in [6.07, 6.45) is 0.775. The van der Waals surface area contributed by atoms with Crippen molar-refractivity contribution in [1.29, 1.82) is 0 Å². The first-order valence-corrected chi connectivity index (χ1v) is 13.3. The van der Waals surface area contributed by atoms with E-state index in [-0.39, 0.29) is 31.4 Å². The quantitative estimate of drug-likeness (QED) is 0.283. The van der Waals surface area contributed by atoms with E-state index in [1.165, 1.54) is 11.1 Å². The van der Waals surface area contributed by atoms with Crippen molar-refractivity contribution in [2.75, 3.05) is 26.7 Å². The topological polar surface area (TPSA) is 108 Å². The Morgan fingerprint density at radius 1 is 0.897 bits per heavy atom. The SMILES string of the molecule is CN(Cc1ccccc1)CC(NC(=O)CCCCNC(=O)OCC1c2ccccc2-c2ccccc21)C(=O)O. The van der Waals surface area contributed by atoms with Gasteiger partial charge in [-0.3, -0.25) is 9.69 Å². The Morgan fingerprint density at radius 2 is 1.51 bits per heavy atom. The molecule has 0 aromatic heterocycles. The minimum absolute atomic E-state index is 0.000708. The molecule has 3 N–H and O–H groups in total. The van der Waals surface area contributed by atoms with Crippen LogP contribution in [0.25, 0.3) is 11.1 Å². The normalized spacial score (nSPS) is 12.9. The molecule has 1 unspecified atom stereocenters. The molecule has 1 atom stereocenters. The summed E-state index contributed by atoms with van der Waals surface area (Å²) in [5.41, 5.74) is 5.73. The molecule has 0 radical (unpaired) electrons. The lowest BCUT2D eigenvalue weighted by molar-refractivity contribution is -0.142. The number of carbonyl (C=O) groups excluding carboxylic acids is 2. The number of benzene rings is 3. The summed E-state index contributed by atoms with van der Waals surface area (Å²) >= 11 is 0. The zero-order valence-electron chi connectivity index (χ0n) is 22.1. The number of hydrogen-bond donors (Lipinski definition) is 3. The molecule has 3 aromatic rings. The molecular formula is C31H35N3O5. The molecule has 3 aromatic carbocycles. The molecule has 0 fully saturated rings. The Kier molecular flexibility index (Phi) is 9.69. The highest BCUT2D eigenvalue weighted by atomic mass is 16.5. The third-order valence-corrected chi connectivity index (χ3v) is 6.87. The summed E-state index contributed by atoms with van der Waals surface area (Å²) in [5, 5.41) is 14.9. The van der Waals surface area contributed by atoms with Crippen molar-refractivity contribution >= 4 is 18.0 Å². The van der Waals surface area contributed by atoms with Gasteiger partial charge in [0.2, 0.25) is 5.91 Å². The fourth-order valence-corrected chi connectivity index (χ4v) is 4.97. The summed E-state index contributed by atoms with van der Waals surface area (Å²) in [7, 11) is 1.82. The Labute approximate surface area is 229 Å². The molecule has 8 nitrogen and oxygen atoms in total. The highest BCUT2D eigenvalue weighted by Gasteiger charge is 2.29. The second kappa shape index (κ2) is 13.6. The number of amides is 2. The van der Waals surface area contributed by atoms with Crippen LogP contribution in [0.1, 0.15) is 41.9 Å². The Morgan fingerprint density at radius 3 is 2.15 bits per heavy atom. The van der Waals surface area contributed by atoms with Gasteiger partial charge < -0.3 is 20.5 Å². The van der Waals surface area contributed by atoms with E-state index in [2.05, 4.69) is 34.9 Å². The van der Waals surface area contributed by atoms with Crippen LogP contribution in [0.4, 0.5) is 4.79 Å². The first-order valence-electron chi connectivity index (χ1n) is 13.3. The van der Waals surface area contributed by atoms with Crippen molar-refractivity contribution in [2.24, 2.45) is 0 Å². The highest BCUT2D eigenvalue weighted by Crippen LogP contribution is 2.44. The van der Waals surface area contributed by atoms with Crippen LogP contribution < -0.4 is 10.6 Å². The molecule has 0 saturated heterocycles. The molecule has 0 heterocycles. The average molecular weight is 530 g/mol. The molecule has 1 aliphatic rings. The van der Waals surface area contributed by atoms with Gasteiger partial charge in [0.15, 0.2) is 0 Å². The van der Waals surface area contributed by atoms with Crippen molar-refractivity contribution in [3.8, 4) is 11.1 Å². The lowest BCUT2D eigenvalue weighted by atomic mass is 9.98. The van der Waals surface area contributed by atoms with E-state index in [0.717, 1.165) is 16.7 Å². The van der Waals surface area contributed by atoms with Crippen LogP contribution in [-0.2, 0) is 20.9 Å². The number of likely N-dealkylation sites (N-methyl/N-ethyl adjacent to an activating group) is 1. The molecule has 4 rings (SSSR count). The van der Waals surface area contributed by atoms with Crippen LogP contribution in [0.5, 0.6) is 0 Å². The van der Waals surface area contributed by atoms with Gasteiger partial charge in [-0.15, -0.1) is 0 Å². The summed E-state index contributed by atoms with van der Waals surface area (Å²) in [5.74, 6) is -1.39. The lowest BCUT2D eigenvalue weighted by Crippen LogP contribution is -2.47. The van der Waals surface area contributed by atoms with E-state index in [0.29, 0.717) is 25.9 Å². The Bertz CT molecular complexity index is 1230. The fraction of sp³-hybridized carbons (Fsp3) is 0.323. The summed E-state index contributed by atoms with van der Waals surface area (Å²) < 4.78 is 5.53. The predicted molar refractivity (Wildman–Crippen MR) is 149 cm³/mol. The van der Waals surface area contributed by atoms with Crippen molar-refractivity contribution in [3.63, 3.8) is 0 Å². The first-order chi connectivity index (χ1) is 18.9. The number of carboxylic acid groups (broad SMARTS) is 1. The summed E-state index contributed by atoms with van der Waals surface area (Å²) in [6.45, 7) is 1.39. The Balaban J connectivity index is 1.13. The number of aliphatic carboxylic acids is 1. The van der Waals surface area contributed by atoms with Gasteiger partial charge in [-0.2, -0.15) is 0 Å². The van der Waals surface area contributed by atoms with Crippen LogP contribution in [0, 0.1) is 0 Å². The maximum absolute atomic E-state index is 12.3. The summed E-state index contributed by atoms with van der Waals surface area (Å²) in [4.78, 5) is 38.2. The second-order valence-electron chi connectivity index (χ2n) is 9.85. The van der Waals surface area contributed by atoms with Crippen LogP contribution in [0.2, 0.25) is 0 Å². The van der Waals surface area contributed by atoms with Gasteiger partial charge in [-0.05, 0) is 47.7 Å². The number of rotatable bonds is 13. The van der Waals surface area contributed by atoms with Gasteiger partial charge in [0.25, 0.3) is 0 Å². The minimum Gasteiger partial charge on any atom is -0.480 e. The minimum atomic E-state index is -1.07. The van der Waals surface area contributed by atoms with Crippen LogP contribution in [0.3, 0.4) is 0 Å². The maximum Gasteiger partial charge on any atom is 0.407 e. The number of nitrogens with zero attached hydrogens (tertiary/aromatic N) is 1. The average Bonchev–Trinajstić information content (AvgIpc) is 3.25. The van der Waals surface area contributed by atoms with E-state index in [1.807, 2.05) is 66.5 Å². The smallest absolute Gasteiger partial charge is 0.407 e. The zero-order valence-corrected chi connectivity index (χ0v) is 22.1. The van der Waals surface area contributed by atoms with Crippen molar-refractivity contribution < 1.29 is 24.2 Å². The molecule has 1 aliphatic carbocycles. The molecule has 2 amide bonds. The molecule has 39 heavy (non-hydrogen) atoms. The van der Waals surface area contributed by atoms with Crippen LogP contribution in [-0.4, -0.2) is 60.8 Å². The van der Waals surface area contributed by atoms with E-state index in [9.17, 15) is 19.5 Å². The lowest BCUT2D eigenvalue weighted by Gasteiger charge is -2.22. The predicted octanol–water partition coefficient (Wildman–Crippen LogP) is 4.40. The fourth-order valence-electron chi connectivity index (χ4n) is 4.97. The molecule has 0 bridgehead atoms. The zero-order chi connectivity index (χ0) is 27.6. The molecule has 0 spiro atoms. The number of ether oxygens (including phenoxy) is 1.